The third kappa shape index (κ3) is 2.60. The molecule has 2 N–H and O–H groups in total. The number of alkyl halides is 3. The molecule has 0 aliphatic carbocycles. The summed E-state index contributed by atoms with van der Waals surface area (Å²) < 4.78 is 58.7. The second-order valence-corrected chi connectivity index (χ2v) is 7.10. The van der Waals surface area contributed by atoms with Crippen molar-refractivity contribution in [3.8, 4) is 0 Å². The number of ether oxygens (including phenoxy) is 1. The number of nitrogens with one attached hydrogen (secondary N) is 2. The van der Waals surface area contributed by atoms with Crippen LogP contribution in [0.1, 0.15) is 35.3 Å². The number of anilines is 1. The van der Waals surface area contributed by atoms with E-state index in [2.05, 4.69) is 10.3 Å². The lowest BCUT2D eigenvalue weighted by Crippen LogP contribution is -2.29. The molecule has 3 aromatic rings. The largest absolute Gasteiger partial charge is 0.416 e. The van der Waals surface area contributed by atoms with Gasteiger partial charge in [0.05, 0.1) is 17.7 Å². The molecule has 0 saturated carbocycles. The molecule has 0 amide bonds. The maximum absolute atomic E-state index is 13.5. The van der Waals surface area contributed by atoms with Crippen LogP contribution in [0.2, 0.25) is 0 Å². The maximum atomic E-state index is 13.5. The van der Waals surface area contributed by atoms with E-state index in [-0.39, 0.29) is 23.9 Å². The molecule has 1 fully saturated rings. The van der Waals surface area contributed by atoms with Crippen molar-refractivity contribution in [2.75, 3.05) is 11.9 Å². The average molecular weight is 376 g/mol. The molecule has 2 aliphatic rings. The molecule has 5 rings (SSSR count). The predicted octanol–water partition coefficient (Wildman–Crippen LogP) is 5.57. The van der Waals surface area contributed by atoms with E-state index in [1.54, 1.807) is 6.07 Å². The molecule has 1 aromatic heterocycles. The van der Waals surface area contributed by atoms with Crippen molar-refractivity contribution in [3.05, 3.63) is 65.1 Å². The summed E-state index contributed by atoms with van der Waals surface area (Å²) in [4.78, 5) is 3.09. The van der Waals surface area contributed by atoms with E-state index < -0.39 is 11.7 Å². The van der Waals surface area contributed by atoms with Crippen LogP contribution in [0.4, 0.5) is 23.2 Å². The van der Waals surface area contributed by atoms with Gasteiger partial charge in [-0.3, -0.25) is 0 Å². The zero-order chi connectivity index (χ0) is 18.8. The van der Waals surface area contributed by atoms with Gasteiger partial charge in [-0.05, 0) is 48.4 Å². The van der Waals surface area contributed by atoms with E-state index in [4.69, 9.17) is 4.74 Å². The van der Waals surface area contributed by atoms with E-state index in [0.717, 1.165) is 23.4 Å². The number of benzene rings is 2. The molecule has 7 heteroatoms. The number of hydrogen-bond acceptors (Lipinski definition) is 2. The Labute approximate surface area is 152 Å². The Hall–Kier alpha value is -2.54. The first-order valence-electron chi connectivity index (χ1n) is 8.77. The molecule has 3 nitrogen and oxygen atoms in total. The average Bonchev–Trinajstić information content (AvgIpc) is 3.26. The number of H-pyrrole nitrogens is 1. The van der Waals surface area contributed by atoms with Crippen LogP contribution in [-0.4, -0.2) is 11.6 Å². The van der Waals surface area contributed by atoms with E-state index in [9.17, 15) is 17.6 Å². The van der Waals surface area contributed by atoms with Gasteiger partial charge in [0.25, 0.3) is 0 Å². The van der Waals surface area contributed by atoms with Crippen LogP contribution in [0.25, 0.3) is 10.9 Å². The Morgan fingerprint density at radius 3 is 2.70 bits per heavy atom. The summed E-state index contributed by atoms with van der Waals surface area (Å²) in [5.41, 5.74) is 2.19. The van der Waals surface area contributed by atoms with Crippen molar-refractivity contribution in [1.29, 1.82) is 0 Å². The summed E-state index contributed by atoms with van der Waals surface area (Å²) in [6.07, 6.45) is -2.20. The van der Waals surface area contributed by atoms with E-state index in [0.29, 0.717) is 23.4 Å². The van der Waals surface area contributed by atoms with Gasteiger partial charge >= 0.3 is 6.18 Å². The first-order chi connectivity index (χ1) is 12.9. The molecule has 0 spiro atoms. The van der Waals surface area contributed by atoms with Gasteiger partial charge in [0.15, 0.2) is 0 Å². The van der Waals surface area contributed by atoms with Crippen LogP contribution in [0.15, 0.2) is 42.6 Å². The Bertz CT molecular complexity index is 1030. The monoisotopic (exact) mass is 376 g/mol. The number of hydrogen-bond donors (Lipinski definition) is 2. The first kappa shape index (κ1) is 16.6. The lowest BCUT2D eigenvalue weighted by molar-refractivity contribution is -0.137. The number of fused-ring (bicyclic) bond motifs is 4. The normalized spacial score (nSPS) is 24.5. The zero-order valence-electron chi connectivity index (χ0n) is 14.1. The fourth-order valence-corrected chi connectivity index (χ4v) is 4.33. The first-order valence-corrected chi connectivity index (χ1v) is 8.77. The van der Waals surface area contributed by atoms with Gasteiger partial charge in [0, 0.05) is 40.9 Å². The fraction of sp³-hybridized carbons (Fsp3) is 0.300. The molecular weight excluding hydrogens is 360 g/mol. The molecular formula is C20H16F4N2O. The van der Waals surface area contributed by atoms with Crippen LogP contribution in [-0.2, 0) is 10.9 Å². The van der Waals surface area contributed by atoms with Gasteiger partial charge in [-0.15, -0.1) is 0 Å². The summed E-state index contributed by atoms with van der Waals surface area (Å²) in [5.74, 6) is -0.315. The van der Waals surface area contributed by atoms with Crippen molar-refractivity contribution < 1.29 is 22.3 Å². The zero-order valence-corrected chi connectivity index (χ0v) is 14.1. The van der Waals surface area contributed by atoms with Gasteiger partial charge in [-0.2, -0.15) is 13.2 Å². The summed E-state index contributed by atoms with van der Waals surface area (Å²) in [7, 11) is 0. The van der Waals surface area contributed by atoms with Gasteiger partial charge in [0.2, 0.25) is 0 Å². The van der Waals surface area contributed by atoms with Gasteiger partial charge < -0.3 is 15.0 Å². The number of aromatic amines is 1. The number of halogens is 4. The van der Waals surface area contributed by atoms with Crippen molar-refractivity contribution in [2.45, 2.75) is 24.7 Å². The molecule has 3 heterocycles. The highest BCUT2D eigenvalue weighted by atomic mass is 19.4. The van der Waals surface area contributed by atoms with Crippen molar-refractivity contribution in [3.63, 3.8) is 0 Å². The maximum Gasteiger partial charge on any atom is 0.416 e. The molecule has 2 aromatic carbocycles. The summed E-state index contributed by atoms with van der Waals surface area (Å²) in [6, 6.07) is 8.20. The molecule has 0 radical (unpaired) electrons. The molecule has 2 aliphatic heterocycles. The summed E-state index contributed by atoms with van der Waals surface area (Å²) in [5, 5.41) is 4.29. The SMILES string of the molecule is Fc1ccc2c([C@@H]3Nc4ccc(C(F)(F)F)cc4[C@H]4OCC[C@H]43)c[nH]c2c1. The second kappa shape index (κ2) is 5.73. The minimum absolute atomic E-state index is 0.00466. The fourth-order valence-electron chi connectivity index (χ4n) is 4.33. The highest BCUT2D eigenvalue weighted by Gasteiger charge is 2.43. The van der Waals surface area contributed by atoms with Gasteiger partial charge in [-0.25, -0.2) is 4.39 Å². The standard InChI is InChI=1S/C20H16F4N2O/c21-11-2-3-12-15(9-25-17(12)8-11)18-13-5-6-27-19(13)14-7-10(20(22,23)24)1-4-16(14)26-18/h1-4,7-9,13,18-19,25-26H,5-6H2/t13-,18+,19-/m0/s1. The minimum Gasteiger partial charge on any atom is -0.377 e. The van der Waals surface area contributed by atoms with Crippen LogP contribution in [0.5, 0.6) is 0 Å². The summed E-state index contributed by atoms with van der Waals surface area (Å²) >= 11 is 0. The smallest absolute Gasteiger partial charge is 0.377 e. The van der Waals surface area contributed by atoms with Crippen LogP contribution < -0.4 is 5.32 Å². The second-order valence-electron chi connectivity index (χ2n) is 7.10. The van der Waals surface area contributed by atoms with Crippen LogP contribution in [0.3, 0.4) is 0 Å². The van der Waals surface area contributed by atoms with Crippen LogP contribution >= 0.6 is 0 Å². The summed E-state index contributed by atoms with van der Waals surface area (Å²) in [6.45, 7) is 0.500. The Balaban J connectivity index is 1.60. The van der Waals surface area contributed by atoms with Gasteiger partial charge in [-0.1, -0.05) is 0 Å². The van der Waals surface area contributed by atoms with Crippen molar-refractivity contribution >= 4 is 16.6 Å². The molecule has 27 heavy (non-hydrogen) atoms. The van der Waals surface area contributed by atoms with E-state index >= 15 is 0 Å². The lowest BCUT2D eigenvalue weighted by atomic mass is 9.80. The Kier molecular flexibility index (Phi) is 3.53. The highest BCUT2D eigenvalue weighted by molar-refractivity contribution is 5.84. The van der Waals surface area contributed by atoms with E-state index in [1.807, 2.05) is 6.20 Å². The topological polar surface area (TPSA) is 37.0 Å². The molecule has 0 bridgehead atoms. The quantitative estimate of drug-likeness (QED) is 0.545. The molecule has 140 valence electrons. The number of rotatable bonds is 1. The van der Waals surface area contributed by atoms with Crippen molar-refractivity contribution in [2.24, 2.45) is 5.92 Å². The molecule has 0 unspecified atom stereocenters. The van der Waals surface area contributed by atoms with E-state index in [1.165, 1.54) is 24.3 Å². The van der Waals surface area contributed by atoms with Crippen LogP contribution in [0, 0.1) is 11.7 Å². The third-order valence-corrected chi connectivity index (χ3v) is 5.57. The Morgan fingerprint density at radius 2 is 1.89 bits per heavy atom. The lowest BCUT2D eigenvalue weighted by Gasteiger charge is -2.36. The Morgan fingerprint density at radius 1 is 1.04 bits per heavy atom. The van der Waals surface area contributed by atoms with Crippen molar-refractivity contribution in [1.82, 2.24) is 4.98 Å². The third-order valence-electron chi connectivity index (χ3n) is 5.57. The molecule has 3 atom stereocenters. The highest BCUT2D eigenvalue weighted by Crippen LogP contribution is 2.51. The molecule has 1 saturated heterocycles. The minimum atomic E-state index is -4.39. The predicted molar refractivity (Wildman–Crippen MR) is 92.9 cm³/mol. The number of aromatic nitrogens is 1. The van der Waals surface area contributed by atoms with Gasteiger partial charge in [0.1, 0.15) is 5.82 Å².